The third-order valence-electron chi connectivity index (χ3n) is 3.93. The van der Waals surface area contributed by atoms with Gasteiger partial charge >= 0.3 is 6.18 Å². The maximum atomic E-state index is 12.5. The molecule has 0 aromatic heterocycles. The molecule has 1 aromatic rings. The zero-order valence-corrected chi connectivity index (χ0v) is 11.3. The van der Waals surface area contributed by atoms with E-state index in [1.165, 1.54) is 0 Å². The van der Waals surface area contributed by atoms with Crippen LogP contribution >= 0.6 is 0 Å². The van der Waals surface area contributed by atoms with Gasteiger partial charge in [0.2, 0.25) is 0 Å². The number of halogens is 3. The molecule has 0 radical (unpaired) electrons. The van der Waals surface area contributed by atoms with Gasteiger partial charge in [0.05, 0.1) is 6.54 Å². The summed E-state index contributed by atoms with van der Waals surface area (Å²) in [5.41, 5.74) is 1.16. The molecule has 0 amide bonds. The zero-order valence-electron chi connectivity index (χ0n) is 11.3. The number of likely N-dealkylation sites (tertiary alicyclic amines) is 1. The highest BCUT2D eigenvalue weighted by Gasteiger charge is 2.40. The molecule has 4 heteroatoms. The predicted molar refractivity (Wildman–Crippen MR) is 70.0 cm³/mol. The summed E-state index contributed by atoms with van der Waals surface area (Å²) in [6.07, 6.45) is -4.10. The van der Waals surface area contributed by atoms with E-state index in [9.17, 15) is 13.2 Å². The molecule has 1 nitrogen and oxygen atoms in total. The van der Waals surface area contributed by atoms with Crippen LogP contribution in [0.5, 0.6) is 0 Å². The highest BCUT2D eigenvalue weighted by atomic mass is 19.4. The van der Waals surface area contributed by atoms with Crippen LogP contribution in [-0.4, -0.2) is 30.7 Å². The molecule has 0 saturated carbocycles. The maximum absolute atomic E-state index is 12.5. The molecule has 106 valence electrons. The van der Waals surface area contributed by atoms with Crippen LogP contribution in [0.3, 0.4) is 0 Å². The molecular formula is C15H20F3N. The van der Waals surface area contributed by atoms with Crippen molar-refractivity contribution in [3.63, 3.8) is 0 Å². The van der Waals surface area contributed by atoms with Gasteiger partial charge in [-0.2, -0.15) is 13.2 Å². The molecule has 1 aromatic carbocycles. The van der Waals surface area contributed by atoms with Gasteiger partial charge in [0.25, 0.3) is 0 Å². The molecule has 1 fully saturated rings. The lowest BCUT2D eigenvalue weighted by Gasteiger charge is -2.22. The predicted octanol–water partition coefficient (Wildman–Crippen LogP) is 3.92. The van der Waals surface area contributed by atoms with Crippen molar-refractivity contribution < 1.29 is 13.2 Å². The Hall–Kier alpha value is -1.03. The van der Waals surface area contributed by atoms with Gasteiger partial charge in [-0.05, 0) is 17.4 Å². The highest BCUT2D eigenvalue weighted by molar-refractivity contribution is 5.22. The summed E-state index contributed by atoms with van der Waals surface area (Å²) < 4.78 is 37.6. The average molecular weight is 271 g/mol. The standard InChI is InChI=1S/C15H20F3N/c1-11(2)13-8-19(10-15(16,17)18)9-14(13)12-6-4-3-5-7-12/h3-7,11,13-14H,8-10H2,1-2H3/t13?,14-/m0/s1. The summed E-state index contributed by atoms with van der Waals surface area (Å²) >= 11 is 0. The fraction of sp³-hybridized carbons (Fsp3) is 0.600. The molecule has 1 unspecified atom stereocenters. The Labute approximate surface area is 112 Å². The van der Waals surface area contributed by atoms with Crippen LogP contribution in [0.25, 0.3) is 0 Å². The minimum Gasteiger partial charge on any atom is -0.294 e. The summed E-state index contributed by atoms with van der Waals surface area (Å²) in [7, 11) is 0. The molecule has 2 rings (SSSR count). The molecular weight excluding hydrogens is 251 g/mol. The summed E-state index contributed by atoms with van der Waals surface area (Å²) in [5.74, 6) is 0.900. The Bertz CT molecular complexity index is 400. The molecule has 0 spiro atoms. The van der Waals surface area contributed by atoms with Gasteiger partial charge in [-0.3, -0.25) is 4.90 Å². The lowest BCUT2D eigenvalue weighted by Crippen LogP contribution is -2.32. The molecule has 0 N–H and O–H groups in total. The highest BCUT2D eigenvalue weighted by Crippen LogP contribution is 2.38. The molecule has 1 saturated heterocycles. The van der Waals surface area contributed by atoms with Gasteiger partial charge in [-0.25, -0.2) is 0 Å². The first kappa shape index (κ1) is 14.4. The van der Waals surface area contributed by atoms with Crippen LogP contribution in [0.2, 0.25) is 0 Å². The van der Waals surface area contributed by atoms with Gasteiger partial charge in [0, 0.05) is 19.0 Å². The topological polar surface area (TPSA) is 3.24 Å². The van der Waals surface area contributed by atoms with E-state index in [0.717, 1.165) is 5.56 Å². The Morgan fingerprint density at radius 2 is 1.79 bits per heavy atom. The van der Waals surface area contributed by atoms with Gasteiger partial charge in [0.15, 0.2) is 0 Å². The third-order valence-corrected chi connectivity index (χ3v) is 3.93. The Morgan fingerprint density at radius 3 is 2.32 bits per heavy atom. The molecule has 2 atom stereocenters. The van der Waals surface area contributed by atoms with E-state index in [2.05, 4.69) is 13.8 Å². The van der Waals surface area contributed by atoms with E-state index in [1.54, 1.807) is 4.90 Å². The van der Waals surface area contributed by atoms with Crippen molar-refractivity contribution in [1.29, 1.82) is 0 Å². The SMILES string of the molecule is CC(C)C1CN(CC(F)(F)F)C[C@H]1c1ccccc1. The van der Waals surface area contributed by atoms with Crippen molar-refractivity contribution >= 4 is 0 Å². The normalized spacial score (nSPS) is 25.2. The van der Waals surface area contributed by atoms with E-state index in [1.807, 2.05) is 30.3 Å². The Morgan fingerprint density at radius 1 is 1.16 bits per heavy atom. The monoisotopic (exact) mass is 271 g/mol. The molecule has 1 heterocycles. The third kappa shape index (κ3) is 3.72. The van der Waals surface area contributed by atoms with Crippen LogP contribution in [-0.2, 0) is 0 Å². The lowest BCUT2D eigenvalue weighted by atomic mass is 9.82. The maximum Gasteiger partial charge on any atom is 0.401 e. The second-order valence-corrected chi connectivity index (χ2v) is 5.73. The molecule has 0 aliphatic carbocycles. The van der Waals surface area contributed by atoms with Crippen molar-refractivity contribution in [2.24, 2.45) is 11.8 Å². The van der Waals surface area contributed by atoms with Gasteiger partial charge in [-0.1, -0.05) is 44.2 Å². The van der Waals surface area contributed by atoms with Crippen LogP contribution in [0, 0.1) is 11.8 Å². The number of benzene rings is 1. The molecule has 0 bridgehead atoms. The number of alkyl halides is 3. The second-order valence-electron chi connectivity index (χ2n) is 5.73. The van der Waals surface area contributed by atoms with E-state index < -0.39 is 12.7 Å². The number of hydrogen-bond acceptors (Lipinski definition) is 1. The molecule has 1 aliphatic heterocycles. The van der Waals surface area contributed by atoms with E-state index in [4.69, 9.17) is 0 Å². The minimum absolute atomic E-state index is 0.212. The van der Waals surface area contributed by atoms with Crippen LogP contribution < -0.4 is 0 Å². The quantitative estimate of drug-likeness (QED) is 0.805. The number of rotatable bonds is 3. The van der Waals surface area contributed by atoms with E-state index in [0.29, 0.717) is 24.9 Å². The first-order valence-corrected chi connectivity index (χ1v) is 6.71. The smallest absolute Gasteiger partial charge is 0.294 e. The average Bonchev–Trinajstić information content (AvgIpc) is 2.72. The number of hydrogen-bond donors (Lipinski definition) is 0. The van der Waals surface area contributed by atoms with Crippen molar-refractivity contribution in [2.75, 3.05) is 19.6 Å². The van der Waals surface area contributed by atoms with Crippen LogP contribution in [0.15, 0.2) is 30.3 Å². The zero-order chi connectivity index (χ0) is 14.0. The van der Waals surface area contributed by atoms with Crippen LogP contribution in [0.1, 0.15) is 25.3 Å². The van der Waals surface area contributed by atoms with E-state index >= 15 is 0 Å². The minimum atomic E-state index is -4.10. The Balaban J connectivity index is 2.13. The fourth-order valence-electron chi connectivity index (χ4n) is 3.02. The first-order valence-electron chi connectivity index (χ1n) is 6.71. The van der Waals surface area contributed by atoms with Crippen molar-refractivity contribution in [3.8, 4) is 0 Å². The summed E-state index contributed by atoms with van der Waals surface area (Å²) in [6.45, 7) is 4.44. The van der Waals surface area contributed by atoms with Crippen molar-refractivity contribution in [1.82, 2.24) is 4.90 Å². The largest absolute Gasteiger partial charge is 0.401 e. The van der Waals surface area contributed by atoms with E-state index in [-0.39, 0.29) is 5.92 Å². The number of nitrogens with zero attached hydrogens (tertiary/aromatic N) is 1. The van der Waals surface area contributed by atoms with Gasteiger partial charge < -0.3 is 0 Å². The van der Waals surface area contributed by atoms with Crippen LogP contribution in [0.4, 0.5) is 13.2 Å². The first-order chi connectivity index (χ1) is 8.87. The summed E-state index contributed by atoms with van der Waals surface area (Å²) in [5, 5.41) is 0. The molecule has 19 heavy (non-hydrogen) atoms. The Kier molecular flexibility index (Phi) is 4.19. The van der Waals surface area contributed by atoms with Crippen molar-refractivity contribution in [2.45, 2.75) is 25.9 Å². The summed E-state index contributed by atoms with van der Waals surface area (Å²) in [6, 6.07) is 9.91. The van der Waals surface area contributed by atoms with Gasteiger partial charge in [0.1, 0.15) is 0 Å². The second kappa shape index (κ2) is 5.53. The van der Waals surface area contributed by atoms with Gasteiger partial charge in [-0.15, -0.1) is 0 Å². The fourth-order valence-corrected chi connectivity index (χ4v) is 3.02. The molecule has 1 aliphatic rings. The lowest BCUT2D eigenvalue weighted by molar-refractivity contribution is -0.144. The summed E-state index contributed by atoms with van der Waals surface area (Å²) in [4.78, 5) is 1.54. The van der Waals surface area contributed by atoms with Crippen molar-refractivity contribution in [3.05, 3.63) is 35.9 Å².